The summed E-state index contributed by atoms with van der Waals surface area (Å²) in [5.74, 6) is -2.21. The summed E-state index contributed by atoms with van der Waals surface area (Å²) in [4.78, 5) is 37.4. The quantitative estimate of drug-likeness (QED) is 0.181. The van der Waals surface area contributed by atoms with E-state index in [1.807, 2.05) is 18.4 Å². The fraction of sp³-hybridized carbons (Fsp3) is 0.297. The maximum Gasteiger partial charge on any atom is 0.335 e. The lowest BCUT2D eigenvalue weighted by Crippen LogP contribution is -2.36. The van der Waals surface area contributed by atoms with Gasteiger partial charge in [0, 0.05) is 35.2 Å². The number of carbonyl (C=O) groups is 2. The molecule has 5 aromatic rings. The summed E-state index contributed by atoms with van der Waals surface area (Å²) in [6.45, 7) is 4.98. The summed E-state index contributed by atoms with van der Waals surface area (Å²) in [6, 6.07) is 16.7. The molecule has 0 bridgehead atoms. The minimum absolute atomic E-state index is 0.0447. The molecule has 2 aliphatic rings. The first-order valence-electron chi connectivity index (χ1n) is 16.0. The molecule has 1 saturated heterocycles. The minimum Gasteiger partial charge on any atom is -0.478 e. The van der Waals surface area contributed by atoms with Crippen LogP contribution in [0.4, 0.5) is 8.78 Å². The molecular formula is C37H32F2N6O5. The van der Waals surface area contributed by atoms with Crippen molar-refractivity contribution in [1.82, 2.24) is 24.8 Å². The van der Waals surface area contributed by atoms with Crippen LogP contribution < -0.4 is 10.1 Å². The van der Waals surface area contributed by atoms with Crippen LogP contribution in [0.5, 0.6) is 5.88 Å². The lowest BCUT2D eigenvalue weighted by Gasteiger charge is -2.28. The number of hydrogen-bond donors (Lipinski definition) is 2. The third kappa shape index (κ3) is 6.37. The molecule has 7 rings (SSSR count). The Hall–Kier alpha value is -5.74. The second-order valence-corrected chi connectivity index (χ2v) is 13.4. The highest BCUT2D eigenvalue weighted by Gasteiger charge is 2.45. The zero-order chi connectivity index (χ0) is 35.2. The number of aromatic carboxylic acids is 1. The van der Waals surface area contributed by atoms with Crippen molar-refractivity contribution in [3.05, 3.63) is 107 Å². The molecule has 1 amide bonds. The number of carbonyl (C=O) groups excluding carboxylic acids is 1. The van der Waals surface area contributed by atoms with Gasteiger partial charge in [-0.25, -0.2) is 23.5 Å². The van der Waals surface area contributed by atoms with Crippen LogP contribution in [0.25, 0.3) is 22.3 Å². The number of ether oxygens (including phenoxy) is 2. The first-order valence-corrected chi connectivity index (χ1v) is 16.0. The van der Waals surface area contributed by atoms with Gasteiger partial charge in [-0.1, -0.05) is 26.0 Å². The van der Waals surface area contributed by atoms with Gasteiger partial charge in [0.2, 0.25) is 5.88 Å². The number of nitrogens with zero attached hydrogens (tertiary/aromatic N) is 5. The standard InChI is InChI=1S/C37H32F2N6O5/c1-36(2)20-49-18-31(36)45-30-13-22(35(47)48)7-9-28(30)42-32(45)14-23-12-26(39)24(15-25(23)38)27-4-3-5-33(43-27)50-17-21-6-8-29(41-16-21)34(46)44-37(19-40)10-11-37/h3-9,12-13,15-16,31H,10-11,14,17-18,20H2,1-2H3,(H,44,46)(H,47,48). The van der Waals surface area contributed by atoms with E-state index in [4.69, 9.17) is 14.5 Å². The first kappa shape index (κ1) is 32.8. The van der Waals surface area contributed by atoms with E-state index >= 15 is 8.78 Å². The molecule has 1 saturated carbocycles. The van der Waals surface area contributed by atoms with Crippen LogP contribution in [0.3, 0.4) is 0 Å². The van der Waals surface area contributed by atoms with E-state index in [0.717, 1.165) is 12.1 Å². The maximum atomic E-state index is 15.7. The van der Waals surface area contributed by atoms with Crippen molar-refractivity contribution >= 4 is 22.9 Å². The van der Waals surface area contributed by atoms with E-state index < -0.39 is 29.0 Å². The Morgan fingerprint density at radius 1 is 1.10 bits per heavy atom. The summed E-state index contributed by atoms with van der Waals surface area (Å²) in [5, 5.41) is 21.5. The molecule has 1 unspecified atom stereocenters. The van der Waals surface area contributed by atoms with Gasteiger partial charge in [-0.3, -0.25) is 9.78 Å². The molecule has 4 heterocycles. The molecule has 50 heavy (non-hydrogen) atoms. The van der Waals surface area contributed by atoms with Gasteiger partial charge in [-0.15, -0.1) is 0 Å². The summed E-state index contributed by atoms with van der Waals surface area (Å²) in [6.07, 6.45) is 2.67. The number of aromatic nitrogens is 4. The van der Waals surface area contributed by atoms with Gasteiger partial charge in [0.15, 0.2) is 0 Å². The first-order chi connectivity index (χ1) is 23.9. The van der Waals surface area contributed by atoms with Crippen LogP contribution in [0.2, 0.25) is 0 Å². The van der Waals surface area contributed by atoms with Gasteiger partial charge < -0.3 is 24.5 Å². The van der Waals surface area contributed by atoms with E-state index in [9.17, 15) is 20.0 Å². The van der Waals surface area contributed by atoms with Crippen molar-refractivity contribution in [2.75, 3.05) is 13.2 Å². The molecule has 0 radical (unpaired) electrons. The SMILES string of the molecule is CC1(C)COCC1n1c(Cc2cc(F)c(-c3cccc(OCc4ccc(C(=O)NC5(C#N)CC5)nc4)n3)cc2F)nc2ccc(C(=O)O)cc21. The van der Waals surface area contributed by atoms with Crippen molar-refractivity contribution in [2.45, 2.75) is 51.3 Å². The largest absolute Gasteiger partial charge is 0.478 e. The molecule has 1 atom stereocenters. The van der Waals surface area contributed by atoms with Crippen molar-refractivity contribution in [1.29, 1.82) is 5.26 Å². The number of nitrogens with one attached hydrogen (secondary N) is 1. The predicted molar refractivity (Wildman–Crippen MR) is 176 cm³/mol. The number of benzene rings is 2. The van der Waals surface area contributed by atoms with E-state index in [0.29, 0.717) is 48.5 Å². The Kier molecular flexibility index (Phi) is 8.27. The Balaban J connectivity index is 1.10. The monoisotopic (exact) mass is 678 g/mol. The van der Waals surface area contributed by atoms with Crippen molar-refractivity contribution in [3.63, 3.8) is 0 Å². The molecule has 2 aromatic carbocycles. The summed E-state index contributed by atoms with van der Waals surface area (Å²) in [7, 11) is 0. The predicted octanol–water partition coefficient (Wildman–Crippen LogP) is 6.02. The second-order valence-electron chi connectivity index (χ2n) is 13.4. The number of halogens is 2. The van der Waals surface area contributed by atoms with Crippen molar-refractivity contribution in [3.8, 4) is 23.2 Å². The molecule has 1 aliphatic heterocycles. The van der Waals surface area contributed by atoms with Gasteiger partial charge in [0.1, 0.15) is 35.3 Å². The van der Waals surface area contributed by atoms with Crippen LogP contribution in [-0.4, -0.2) is 55.3 Å². The number of fused-ring (bicyclic) bond motifs is 1. The Labute approximate surface area is 285 Å². The molecule has 254 valence electrons. The zero-order valence-electron chi connectivity index (χ0n) is 27.2. The van der Waals surface area contributed by atoms with E-state index in [1.54, 1.807) is 36.4 Å². The molecule has 3 aromatic heterocycles. The highest BCUT2D eigenvalue weighted by molar-refractivity contribution is 5.93. The van der Waals surface area contributed by atoms with Gasteiger partial charge >= 0.3 is 5.97 Å². The van der Waals surface area contributed by atoms with E-state index in [-0.39, 0.29) is 58.4 Å². The van der Waals surface area contributed by atoms with Crippen LogP contribution >= 0.6 is 0 Å². The van der Waals surface area contributed by atoms with E-state index in [2.05, 4.69) is 21.4 Å². The molecule has 2 fully saturated rings. The highest BCUT2D eigenvalue weighted by Crippen LogP contribution is 2.41. The van der Waals surface area contributed by atoms with Gasteiger partial charge in [-0.2, -0.15) is 5.26 Å². The molecule has 0 spiro atoms. The fourth-order valence-electron chi connectivity index (χ4n) is 6.14. The molecule has 13 heteroatoms. The molecule has 1 aliphatic carbocycles. The lowest BCUT2D eigenvalue weighted by atomic mass is 9.87. The number of nitriles is 1. The van der Waals surface area contributed by atoms with Gasteiger partial charge in [0.25, 0.3) is 5.91 Å². The van der Waals surface area contributed by atoms with E-state index in [1.165, 1.54) is 18.3 Å². The number of carboxylic acids is 1. The maximum absolute atomic E-state index is 15.7. The van der Waals surface area contributed by atoms with Crippen LogP contribution in [0.15, 0.2) is 66.9 Å². The molecule has 2 N–H and O–H groups in total. The van der Waals surface area contributed by atoms with Gasteiger partial charge in [0.05, 0.1) is 47.6 Å². The Morgan fingerprint density at radius 3 is 2.60 bits per heavy atom. The average molecular weight is 679 g/mol. The smallest absolute Gasteiger partial charge is 0.335 e. The zero-order valence-corrected chi connectivity index (χ0v) is 27.2. The average Bonchev–Trinajstić information content (AvgIpc) is 3.66. The molecular weight excluding hydrogens is 646 g/mol. The number of rotatable bonds is 10. The van der Waals surface area contributed by atoms with Crippen molar-refractivity contribution < 1.29 is 33.0 Å². The number of amides is 1. The number of pyridine rings is 2. The Bertz CT molecular complexity index is 2190. The number of hydrogen-bond acceptors (Lipinski definition) is 8. The van der Waals surface area contributed by atoms with Crippen LogP contribution in [0.1, 0.15) is 70.5 Å². The van der Waals surface area contributed by atoms with Crippen molar-refractivity contribution in [2.24, 2.45) is 5.41 Å². The minimum atomic E-state index is -1.08. The summed E-state index contributed by atoms with van der Waals surface area (Å²) in [5.41, 5.74) is 1.14. The highest BCUT2D eigenvalue weighted by atomic mass is 19.1. The third-order valence-corrected chi connectivity index (χ3v) is 9.22. The van der Waals surface area contributed by atoms with Gasteiger partial charge in [-0.05, 0) is 60.9 Å². The third-order valence-electron chi connectivity index (χ3n) is 9.22. The summed E-state index contributed by atoms with van der Waals surface area (Å²) >= 11 is 0. The second kappa shape index (κ2) is 12.6. The Morgan fingerprint density at radius 2 is 1.92 bits per heavy atom. The topological polar surface area (TPSA) is 152 Å². The van der Waals surface area contributed by atoms with Crippen LogP contribution in [0, 0.1) is 28.4 Å². The number of carboxylic acid groups (broad SMARTS) is 1. The number of imidazole rings is 1. The summed E-state index contributed by atoms with van der Waals surface area (Å²) < 4.78 is 44.9. The van der Waals surface area contributed by atoms with Crippen LogP contribution in [-0.2, 0) is 17.8 Å². The lowest BCUT2D eigenvalue weighted by molar-refractivity contribution is 0.0696. The fourth-order valence-corrected chi connectivity index (χ4v) is 6.14. The normalized spacial score (nSPS) is 17.3. The molecule has 11 nitrogen and oxygen atoms in total.